The van der Waals surface area contributed by atoms with Gasteiger partial charge in [0.1, 0.15) is 5.71 Å². The highest BCUT2D eigenvalue weighted by Crippen LogP contribution is 2.11. The van der Waals surface area contributed by atoms with Gasteiger partial charge in [-0.15, -0.1) is 0 Å². The maximum absolute atomic E-state index is 12.0. The summed E-state index contributed by atoms with van der Waals surface area (Å²) in [7, 11) is 0. The lowest BCUT2D eigenvalue weighted by Crippen LogP contribution is -2.14. The van der Waals surface area contributed by atoms with Gasteiger partial charge in [0.25, 0.3) is 0 Å². The van der Waals surface area contributed by atoms with Gasteiger partial charge in [-0.05, 0) is 19.3 Å². The number of rotatable bonds is 16. The highest BCUT2D eigenvalue weighted by atomic mass is 16.4. The molecule has 0 heterocycles. The second-order valence-corrected chi connectivity index (χ2v) is 6.36. The van der Waals surface area contributed by atoms with E-state index in [0.717, 1.165) is 25.7 Å². The maximum atomic E-state index is 12.0. The predicted octanol–water partition coefficient (Wildman–Crippen LogP) is 6.28. The molecule has 0 saturated heterocycles. The van der Waals surface area contributed by atoms with Gasteiger partial charge in [-0.1, -0.05) is 89.6 Å². The van der Waals surface area contributed by atoms with Gasteiger partial charge in [0.05, 0.1) is 0 Å². The molecule has 0 amide bonds. The third kappa shape index (κ3) is 12.8. The van der Waals surface area contributed by atoms with Crippen molar-refractivity contribution >= 4 is 11.5 Å². The van der Waals surface area contributed by atoms with Crippen molar-refractivity contribution in [3.8, 4) is 0 Å². The zero-order chi connectivity index (χ0) is 16.5. The molecular weight excluding hydrogens is 274 g/mol. The Balaban J connectivity index is 3.60. The second kappa shape index (κ2) is 16.5. The highest BCUT2D eigenvalue weighted by molar-refractivity contribution is 6.39. The Morgan fingerprint density at radius 3 is 1.55 bits per heavy atom. The number of Topliss-reactive ketones (excluding diaryl/α,β-unsaturated/α-hetero) is 1. The smallest absolute Gasteiger partial charge is 0.180 e. The maximum Gasteiger partial charge on any atom is 0.180 e. The van der Waals surface area contributed by atoms with E-state index in [1.54, 1.807) is 0 Å². The summed E-state index contributed by atoms with van der Waals surface area (Å²) in [4.78, 5) is 12.0. The van der Waals surface area contributed by atoms with Gasteiger partial charge in [0.2, 0.25) is 0 Å². The number of carbonyl (C=O) groups excluding carboxylic acids is 1. The summed E-state index contributed by atoms with van der Waals surface area (Å²) in [5, 5.41) is 12.2. The zero-order valence-corrected chi connectivity index (χ0v) is 14.9. The lowest BCUT2D eigenvalue weighted by Gasteiger charge is -2.04. The molecule has 0 unspecified atom stereocenters. The quantitative estimate of drug-likeness (QED) is 0.158. The van der Waals surface area contributed by atoms with Crippen LogP contribution in [-0.4, -0.2) is 16.7 Å². The van der Waals surface area contributed by atoms with Crippen molar-refractivity contribution in [1.82, 2.24) is 0 Å². The van der Waals surface area contributed by atoms with Crippen LogP contribution in [0.3, 0.4) is 0 Å². The number of unbranched alkanes of at least 4 members (excludes halogenated alkanes) is 11. The largest absolute Gasteiger partial charge is 0.411 e. The first-order valence-electron chi connectivity index (χ1n) is 9.50. The molecular formula is C19H37NO2. The molecule has 22 heavy (non-hydrogen) atoms. The Labute approximate surface area is 137 Å². The van der Waals surface area contributed by atoms with E-state index in [1.165, 1.54) is 57.8 Å². The first-order valence-corrected chi connectivity index (χ1v) is 9.50. The Morgan fingerprint density at radius 1 is 0.682 bits per heavy atom. The van der Waals surface area contributed by atoms with E-state index >= 15 is 0 Å². The minimum atomic E-state index is 0.0459. The monoisotopic (exact) mass is 311 g/mol. The van der Waals surface area contributed by atoms with Crippen molar-refractivity contribution in [3.63, 3.8) is 0 Å². The molecule has 130 valence electrons. The van der Waals surface area contributed by atoms with E-state index in [0.29, 0.717) is 18.6 Å². The van der Waals surface area contributed by atoms with Crippen LogP contribution >= 0.6 is 0 Å². The average molecular weight is 312 g/mol. The SMILES string of the molecule is CCCCCCCCCC(=O)C(CCCCCCCC)=NO. The fourth-order valence-corrected chi connectivity index (χ4v) is 2.70. The van der Waals surface area contributed by atoms with E-state index in [-0.39, 0.29) is 5.78 Å². The summed E-state index contributed by atoms with van der Waals surface area (Å²) in [5.74, 6) is 0.0459. The Kier molecular flexibility index (Phi) is 15.9. The van der Waals surface area contributed by atoms with Crippen molar-refractivity contribution in [1.29, 1.82) is 0 Å². The van der Waals surface area contributed by atoms with Crippen LogP contribution in [-0.2, 0) is 4.79 Å². The molecule has 0 aliphatic carbocycles. The molecule has 1 N–H and O–H groups in total. The normalized spacial score (nSPS) is 11.8. The van der Waals surface area contributed by atoms with Crippen LogP contribution in [0.5, 0.6) is 0 Å². The topological polar surface area (TPSA) is 49.7 Å². The van der Waals surface area contributed by atoms with Crippen molar-refractivity contribution in [2.45, 2.75) is 110 Å². The molecule has 0 fully saturated rings. The number of oxime groups is 1. The highest BCUT2D eigenvalue weighted by Gasteiger charge is 2.11. The molecule has 0 rings (SSSR count). The third-order valence-electron chi connectivity index (χ3n) is 4.22. The van der Waals surface area contributed by atoms with Crippen molar-refractivity contribution in [2.75, 3.05) is 0 Å². The molecule has 0 atom stereocenters. The standard InChI is InChI=1S/C19H37NO2/c1-3-5-7-9-11-13-15-17-19(21)18(20-22)16-14-12-10-8-6-4-2/h22H,3-17H2,1-2H3. The minimum Gasteiger partial charge on any atom is -0.411 e. The van der Waals surface area contributed by atoms with Crippen LogP contribution in [0.1, 0.15) is 110 Å². The van der Waals surface area contributed by atoms with E-state index in [4.69, 9.17) is 5.21 Å². The summed E-state index contributed by atoms with van der Waals surface area (Å²) in [5.41, 5.74) is 0.390. The number of hydrogen-bond donors (Lipinski definition) is 1. The summed E-state index contributed by atoms with van der Waals surface area (Å²) < 4.78 is 0. The number of nitrogens with zero attached hydrogens (tertiary/aromatic N) is 1. The molecule has 3 heteroatoms. The number of ketones is 1. The summed E-state index contributed by atoms with van der Waals surface area (Å²) in [6.45, 7) is 4.43. The molecule has 0 radical (unpaired) electrons. The lowest BCUT2D eigenvalue weighted by atomic mass is 10.0. The van der Waals surface area contributed by atoms with Crippen LogP contribution < -0.4 is 0 Å². The zero-order valence-electron chi connectivity index (χ0n) is 14.9. The average Bonchev–Trinajstić information content (AvgIpc) is 2.53. The predicted molar refractivity (Wildman–Crippen MR) is 94.8 cm³/mol. The molecule has 0 aliphatic rings. The molecule has 0 aromatic carbocycles. The van der Waals surface area contributed by atoms with Gasteiger partial charge in [0, 0.05) is 6.42 Å². The van der Waals surface area contributed by atoms with Gasteiger partial charge in [-0.3, -0.25) is 4.79 Å². The number of carbonyl (C=O) groups is 1. The van der Waals surface area contributed by atoms with E-state index < -0.39 is 0 Å². The lowest BCUT2D eigenvalue weighted by molar-refractivity contribution is -0.113. The van der Waals surface area contributed by atoms with Crippen LogP contribution in [0.25, 0.3) is 0 Å². The van der Waals surface area contributed by atoms with Crippen LogP contribution in [0.2, 0.25) is 0 Å². The summed E-state index contributed by atoms with van der Waals surface area (Å²) in [6, 6.07) is 0. The van der Waals surface area contributed by atoms with Crippen LogP contribution in [0.15, 0.2) is 5.16 Å². The van der Waals surface area contributed by atoms with Gasteiger partial charge in [0.15, 0.2) is 5.78 Å². The van der Waals surface area contributed by atoms with Crippen molar-refractivity contribution < 1.29 is 10.0 Å². The summed E-state index contributed by atoms with van der Waals surface area (Å²) >= 11 is 0. The van der Waals surface area contributed by atoms with Gasteiger partial charge < -0.3 is 5.21 Å². The molecule has 0 bridgehead atoms. The van der Waals surface area contributed by atoms with Gasteiger partial charge in [-0.2, -0.15) is 0 Å². The van der Waals surface area contributed by atoms with Gasteiger partial charge in [-0.25, -0.2) is 0 Å². The molecule has 0 aromatic rings. The fraction of sp³-hybridized carbons (Fsp3) is 0.895. The van der Waals surface area contributed by atoms with Crippen molar-refractivity contribution in [2.24, 2.45) is 5.16 Å². The first-order chi connectivity index (χ1) is 10.8. The first kappa shape index (κ1) is 21.1. The molecule has 0 aromatic heterocycles. The minimum absolute atomic E-state index is 0.0459. The fourth-order valence-electron chi connectivity index (χ4n) is 2.70. The second-order valence-electron chi connectivity index (χ2n) is 6.36. The third-order valence-corrected chi connectivity index (χ3v) is 4.22. The van der Waals surface area contributed by atoms with E-state index in [9.17, 15) is 4.79 Å². The Bertz CT molecular complexity index is 287. The summed E-state index contributed by atoms with van der Waals surface area (Å²) in [6.07, 6.45) is 16.8. The van der Waals surface area contributed by atoms with Crippen LogP contribution in [0, 0.1) is 0 Å². The van der Waals surface area contributed by atoms with Crippen LogP contribution in [0.4, 0.5) is 0 Å². The molecule has 0 saturated carbocycles. The molecule has 3 nitrogen and oxygen atoms in total. The van der Waals surface area contributed by atoms with Crippen molar-refractivity contribution in [3.05, 3.63) is 0 Å². The number of hydrogen-bond acceptors (Lipinski definition) is 3. The molecule has 0 aliphatic heterocycles. The van der Waals surface area contributed by atoms with Gasteiger partial charge >= 0.3 is 0 Å². The Morgan fingerprint density at radius 2 is 1.09 bits per heavy atom. The Hall–Kier alpha value is -0.860. The van der Waals surface area contributed by atoms with E-state index in [1.807, 2.05) is 0 Å². The van der Waals surface area contributed by atoms with E-state index in [2.05, 4.69) is 19.0 Å². The molecule has 0 spiro atoms.